The molecule has 162 valence electrons. The van der Waals surface area contributed by atoms with Gasteiger partial charge in [0, 0.05) is 30.2 Å². The van der Waals surface area contributed by atoms with Gasteiger partial charge in [0.05, 0.1) is 30.5 Å². The van der Waals surface area contributed by atoms with Crippen molar-refractivity contribution in [2.24, 2.45) is 0 Å². The monoisotopic (exact) mass is 454 g/mol. The van der Waals surface area contributed by atoms with Crippen molar-refractivity contribution in [3.05, 3.63) is 45.1 Å². The molecule has 2 aliphatic heterocycles. The number of hydrogen-bond acceptors (Lipinski definition) is 4. The molecule has 2 heterocycles. The summed E-state index contributed by atoms with van der Waals surface area (Å²) in [5, 5.41) is 6.41. The largest absolute Gasteiger partial charge is 0.383 e. The molecule has 0 aliphatic carbocycles. The fraction of sp³-hybridized carbons (Fsp3) is 0.450. The Labute approximate surface area is 185 Å². The van der Waals surface area contributed by atoms with Gasteiger partial charge in [0.25, 0.3) is 5.91 Å². The summed E-state index contributed by atoms with van der Waals surface area (Å²) in [5.41, 5.74) is 1.57. The molecule has 0 fully saturated rings. The number of ether oxygens (including phenoxy) is 1. The highest BCUT2D eigenvalue weighted by atomic mass is 35.5. The molecule has 0 saturated carbocycles. The van der Waals surface area contributed by atoms with Gasteiger partial charge < -0.3 is 20.3 Å². The molecule has 2 atom stereocenters. The van der Waals surface area contributed by atoms with Gasteiger partial charge >= 0.3 is 6.03 Å². The summed E-state index contributed by atoms with van der Waals surface area (Å²) in [4.78, 5) is 41.6. The van der Waals surface area contributed by atoms with Crippen LogP contribution in [0.4, 0.5) is 4.79 Å². The van der Waals surface area contributed by atoms with E-state index in [1.165, 1.54) is 9.80 Å². The Balaban J connectivity index is 1.93. The van der Waals surface area contributed by atoms with E-state index < -0.39 is 12.1 Å². The number of halogens is 2. The third-order valence-electron chi connectivity index (χ3n) is 5.29. The molecule has 2 N–H and O–H groups in total. The molecule has 1 aromatic carbocycles. The average molecular weight is 455 g/mol. The van der Waals surface area contributed by atoms with Gasteiger partial charge in [-0.2, -0.15) is 0 Å². The second kappa shape index (κ2) is 9.24. The average Bonchev–Trinajstić information content (AvgIpc) is 3.04. The topological polar surface area (TPSA) is 91.0 Å². The Morgan fingerprint density at radius 2 is 2.10 bits per heavy atom. The van der Waals surface area contributed by atoms with Gasteiger partial charge in [0.2, 0.25) is 5.91 Å². The van der Waals surface area contributed by atoms with Crippen molar-refractivity contribution < 1.29 is 19.1 Å². The Hall–Kier alpha value is -2.29. The van der Waals surface area contributed by atoms with Crippen LogP contribution in [-0.4, -0.2) is 67.0 Å². The lowest BCUT2D eigenvalue weighted by molar-refractivity contribution is -0.135. The molecule has 4 amide bonds. The van der Waals surface area contributed by atoms with Crippen molar-refractivity contribution in [1.29, 1.82) is 0 Å². The van der Waals surface area contributed by atoms with E-state index in [4.69, 9.17) is 27.9 Å². The molecule has 30 heavy (non-hydrogen) atoms. The Morgan fingerprint density at radius 1 is 1.37 bits per heavy atom. The maximum Gasteiger partial charge on any atom is 0.322 e. The second-order valence-corrected chi connectivity index (χ2v) is 7.89. The minimum atomic E-state index is -0.721. The summed E-state index contributed by atoms with van der Waals surface area (Å²) < 4.78 is 4.94. The maximum absolute atomic E-state index is 13.4. The van der Waals surface area contributed by atoms with E-state index in [1.54, 1.807) is 32.2 Å². The molecule has 10 heteroatoms. The van der Waals surface area contributed by atoms with Gasteiger partial charge in [-0.1, -0.05) is 29.3 Å². The third kappa shape index (κ3) is 4.12. The van der Waals surface area contributed by atoms with Crippen molar-refractivity contribution in [3.63, 3.8) is 0 Å². The van der Waals surface area contributed by atoms with Crippen LogP contribution in [0, 0.1) is 0 Å². The molecule has 1 aromatic rings. The summed E-state index contributed by atoms with van der Waals surface area (Å²) in [6.07, 6.45) is 0. The summed E-state index contributed by atoms with van der Waals surface area (Å²) in [6, 6.07) is 3.17. The van der Waals surface area contributed by atoms with E-state index in [0.717, 1.165) is 0 Å². The van der Waals surface area contributed by atoms with Gasteiger partial charge in [0.1, 0.15) is 6.04 Å². The Morgan fingerprint density at radius 3 is 2.73 bits per heavy atom. The van der Waals surface area contributed by atoms with Crippen molar-refractivity contribution in [2.75, 3.05) is 33.4 Å². The number of carbonyl (C=O) groups is 3. The van der Waals surface area contributed by atoms with Crippen LogP contribution in [-0.2, 0) is 14.3 Å². The molecule has 0 spiro atoms. The third-order valence-corrected chi connectivity index (χ3v) is 5.85. The minimum absolute atomic E-state index is 0.163. The van der Waals surface area contributed by atoms with Gasteiger partial charge in [-0.25, -0.2) is 4.79 Å². The van der Waals surface area contributed by atoms with E-state index in [-0.39, 0.29) is 24.4 Å². The number of nitrogens with one attached hydrogen (secondary N) is 2. The predicted octanol–water partition coefficient (Wildman–Crippen LogP) is 2.33. The van der Waals surface area contributed by atoms with Crippen molar-refractivity contribution in [3.8, 4) is 0 Å². The molecule has 2 aliphatic rings. The van der Waals surface area contributed by atoms with Crippen molar-refractivity contribution >= 4 is 41.0 Å². The predicted molar refractivity (Wildman–Crippen MR) is 113 cm³/mol. The lowest BCUT2D eigenvalue weighted by Crippen LogP contribution is -2.47. The number of urea groups is 1. The SMILES string of the molecule is CCN1C(=O)N[C@H](c2ccc(Cl)cc2Cl)C2=C1CN([C@H](C)C(=O)NCCOC)C2=O. The number of benzene rings is 1. The van der Waals surface area contributed by atoms with Crippen LogP contribution in [0.5, 0.6) is 0 Å². The number of rotatable bonds is 7. The van der Waals surface area contributed by atoms with Crippen LogP contribution in [0.2, 0.25) is 10.0 Å². The highest BCUT2D eigenvalue weighted by molar-refractivity contribution is 6.35. The number of hydrogen-bond donors (Lipinski definition) is 2. The zero-order valence-electron chi connectivity index (χ0n) is 17.0. The molecular formula is C20H24Cl2N4O4. The molecule has 8 nitrogen and oxygen atoms in total. The smallest absolute Gasteiger partial charge is 0.322 e. The van der Waals surface area contributed by atoms with E-state index in [0.29, 0.717) is 46.6 Å². The first-order chi connectivity index (χ1) is 14.3. The van der Waals surface area contributed by atoms with Crippen molar-refractivity contribution in [2.45, 2.75) is 25.9 Å². The van der Waals surface area contributed by atoms with Crippen LogP contribution >= 0.6 is 23.2 Å². The van der Waals surface area contributed by atoms with Crippen LogP contribution in [0.1, 0.15) is 25.5 Å². The first-order valence-electron chi connectivity index (χ1n) is 9.63. The Kier molecular flexibility index (Phi) is 6.90. The van der Waals surface area contributed by atoms with E-state index in [1.807, 2.05) is 6.92 Å². The normalized spacial score (nSPS) is 19.7. The van der Waals surface area contributed by atoms with Gasteiger partial charge in [-0.15, -0.1) is 0 Å². The zero-order chi connectivity index (χ0) is 22.0. The number of methoxy groups -OCH3 is 1. The summed E-state index contributed by atoms with van der Waals surface area (Å²) in [6.45, 7) is 4.76. The van der Waals surface area contributed by atoms with Gasteiger partial charge in [0.15, 0.2) is 0 Å². The van der Waals surface area contributed by atoms with Crippen molar-refractivity contribution in [1.82, 2.24) is 20.4 Å². The molecule has 0 aromatic heterocycles. The fourth-order valence-corrected chi connectivity index (χ4v) is 4.21. The van der Waals surface area contributed by atoms with Crippen LogP contribution < -0.4 is 10.6 Å². The standard InChI is InChI=1S/C20H24Cl2N4O4/c1-4-25-15-10-26(11(2)18(27)23-7-8-30-3)19(28)16(15)17(24-20(25)29)13-6-5-12(21)9-14(13)22/h5-6,9,11,17H,4,7-8,10H2,1-3H3,(H,23,27)(H,24,29)/t11-,17-/m1/s1. The summed E-state index contributed by atoms with van der Waals surface area (Å²) in [5.74, 6) is -0.600. The molecule has 0 bridgehead atoms. The molecular weight excluding hydrogens is 431 g/mol. The maximum atomic E-state index is 13.4. The second-order valence-electron chi connectivity index (χ2n) is 7.05. The first kappa shape index (κ1) is 22.4. The van der Waals surface area contributed by atoms with Gasteiger partial charge in [-0.05, 0) is 31.5 Å². The quantitative estimate of drug-likeness (QED) is 0.618. The van der Waals surface area contributed by atoms with Crippen LogP contribution in [0.15, 0.2) is 29.5 Å². The van der Waals surface area contributed by atoms with Crippen LogP contribution in [0.25, 0.3) is 0 Å². The number of likely N-dealkylation sites (N-methyl/N-ethyl adjacent to an activating group) is 1. The Bertz CT molecular complexity index is 905. The van der Waals surface area contributed by atoms with E-state index in [2.05, 4.69) is 10.6 Å². The minimum Gasteiger partial charge on any atom is -0.383 e. The molecule has 0 unspecified atom stereocenters. The first-order valence-corrected chi connectivity index (χ1v) is 10.4. The zero-order valence-corrected chi connectivity index (χ0v) is 18.5. The molecule has 0 radical (unpaired) electrons. The summed E-state index contributed by atoms with van der Waals surface area (Å²) in [7, 11) is 1.54. The number of nitrogens with zero attached hydrogens (tertiary/aromatic N) is 2. The summed E-state index contributed by atoms with van der Waals surface area (Å²) >= 11 is 12.4. The lowest BCUT2D eigenvalue weighted by Gasteiger charge is -2.33. The fourth-order valence-electron chi connectivity index (χ4n) is 3.70. The molecule has 0 saturated heterocycles. The number of carbonyl (C=O) groups excluding carboxylic acids is 3. The van der Waals surface area contributed by atoms with E-state index >= 15 is 0 Å². The van der Waals surface area contributed by atoms with Gasteiger partial charge in [-0.3, -0.25) is 14.5 Å². The molecule has 3 rings (SSSR count). The van der Waals surface area contributed by atoms with Crippen LogP contribution in [0.3, 0.4) is 0 Å². The highest BCUT2D eigenvalue weighted by Gasteiger charge is 2.46. The van der Waals surface area contributed by atoms with E-state index in [9.17, 15) is 14.4 Å². The lowest BCUT2D eigenvalue weighted by atomic mass is 9.95. The number of amides is 4. The highest BCUT2D eigenvalue weighted by Crippen LogP contribution is 2.39.